The van der Waals surface area contributed by atoms with E-state index >= 15 is 0 Å². The first-order valence-electron chi connectivity index (χ1n) is 5.82. The number of hydrogen-bond donors (Lipinski definition) is 1. The van der Waals surface area contributed by atoms with Gasteiger partial charge in [-0.25, -0.2) is 13.4 Å². The maximum absolute atomic E-state index is 11.7. The SMILES string of the molecule is O=S1(=O)CCCC(n2c(=S)[nH]c3cccnc32)C1. The highest BCUT2D eigenvalue weighted by molar-refractivity contribution is 7.91. The van der Waals surface area contributed by atoms with Crippen molar-refractivity contribution in [3.63, 3.8) is 0 Å². The van der Waals surface area contributed by atoms with Gasteiger partial charge in [0.2, 0.25) is 0 Å². The summed E-state index contributed by atoms with van der Waals surface area (Å²) in [7, 11) is -2.95. The molecule has 18 heavy (non-hydrogen) atoms. The molecule has 0 amide bonds. The average Bonchev–Trinajstić information content (AvgIpc) is 2.63. The first kappa shape index (κ1) is 11.9. The van der Waals surface area contributed by atoms with Crippen LogP contribution in [0.5, 0.6) is 0 Å². The predicted octanol–water partition coefficient (Wildman–Crippen LogP) is 1.84. The van der Waals surface area contributed by atoms with E-state index in [9.17, 15) is 8.42 Å². The lowest BCUT2D eigenvalue weighted by Crippen LogP contribution is -2.27. The number of H-pyrrole nitrogens is 1. The van der Waals surface area contributed by atoms with E-state index < -0.39 is 9.84 Å². The van der Waals surface area contributed by atoms with Crippen LogP contribution in [0.15, 0.2) is 18.3 Å². The number of nitrogens with one attached hydrogen (secondary N) is 1. The molecule has 1 fully saturated rings. The molecule has 2 aromatic rings. The van der Waals surface area contributed by atoms with Crippen molar-refractivity contribution in [1.29, 1.82) is 0 Å². The Bertz CT molecular complexity index is 745. The molecule has 1 aliphatic heterocycles. The minimum atomic E-state index is -2.95. The van der Waals surface area contributed by atoms with Crippen molar-refractivity contribution in [2.75, 3.05) is 11.5 Å². The van der Waals surface area contributed by atoms with Crippen LogP contribution in [0, 0.1) is 4.77 Å². The van der Waals surface area contributed by atoms with E-state index in [1.165, 1.54) is 0 Å². The largest absolute Gasteiger partial charge is 0.329 e. The Hall–Kier alpha value is -1.21. The van der Waals surface area contributed by atoms with Gasteiger partial charge in [-0.3, -0.25) is 4.57 Å². The maximum Gasteiger partial charge on any atom is 0.179 e. The van der Waals surface area contributed by atoms with Gasteiger partial charge in [-0.15, -0.1) is 0 Å². The highest BCUT2D eigenvalue weighted by Gasteiger charge is 2.27. The second kappa shape index (κ2) is 4.17. The van der Waals surface area contributed by atoms with Gasteiger partial charge < -0.3 is 4.98 Å². The Labute approximate surface area is 110 Å². The minimum Gasteiger partial charge on any atom is -0.329 e. The molecule has 0 radical (unpaired) electrons. The number of fused-ring (bicyclic) bond motifs is 1. The van der Waals surface area contributed by atoms with Crippen molar-refractivity contribution < 1.29 is 8.42 Å². The van der Waals surface area contributed by atoms with Crippen LogP contribution in [0.25, 0.3) is 11.2 Å². The summed E-state index contributed by atoms with van der Waals surface area (Å²) in [4.78, 5) is 7.37. The molecule has 96 valence electrons. The molecule has 1 N–H and O–H groups in total. The summed E-state index contributed by atoms with van der Waals surface area (Å²) in [5.41, 5.74) is 1.59. The van der Waals surface area contributed by atoms with Crippen molar-refractivity contribution in [3.05, 3.63) is 23.1 Å². The van der Waals surface area contributed by atoms with Gasteiger partial charge in [0, 0.05) is 6.20 Å². The normalized spacial score (nSPS) is 23.2. The van der Waals surface area contributed by atoms with Gasteiger partial charge in [-0.1, -0.05) is 0 Å². The van der Waals surface area contributed by atoms with Gasteiger partial charge in [0.15, 0.2) is 20.3 Å². The molecule has 7 heteroatoms. The fourth-order valence-corrected chi connectivity index (χ4v) is 4.52. The van der Waals surface area contributed by atoms with E-state index in [-0.39, 0.29) is 17.5 Å². The van der Waals surface area contributed by atoms with Crippen molar-refractivity contribution in [2.45, 2.75) is 18.9 Å². The highest BCUT2D eigenvalue weighted by atomic mass is 32.2. The molecule has 0 aliphatic carbocycles. The van der Waals surface area contributed by atoms with Crippen LogP contribution in [0.1, 0.15) is 18.9 Å². The molecule has 3 rings (SSSR count). The third-order valence-electron chi connectivity index (χ3n) is 3.28. The zero-order valence-corrected chi connectivity index (χ0v) is 11.3. The zero-order valence-electron chi connectivity index (χ0n) is 9.67. The molecule has 2 aromatic heterocycles. The fraction of sp³-hybridized carbons (Fsp3) is 0.455. The number of nitrogens with zero attached hydrogens (tertiary/aromatic N) is 2. The molecule has 1 aliphatic rings. The number of sulfone groups is 1. The molecule has 0 saturated carbocycles. The monoisotopic (exact) mass is 283 g/mol. The second-order valence-electron chi connectivity index (χ2n) is 4.59. The van der Waals surface area contributed by atoms with Gasteiger partial charge in [0.25, 0.3) is 0 Å². The highest BCUT2D eigenvalue weighted by Crippen LogP contribution is 2.26. The van der Waals surface area contributed by atoms with Crippen molar-refractivity contribution in [1.82, 2.24) is 14.5 Å². The van der Waals surface area contributed by atoms with Gasteiger partial charge >= 0.3 is 0 Å². The molecule has 1 unspecified atom stereocenters. The molecule has 3 heterocycles. The number of rotatable bonds is 1. The smallest absolute Gasteiger partial charge is 0.179 e. The zero-order chi connectivity index (χ0) is 12.8. The van der Waals surface area contributed by atoms with Crippen molar-refractivity contribution in [3.8, 4) is 0 Å². The van der Waals surface area contributed by atoms with Crippen LogP contribution >= 0.6 is 12.2 Å². The topological polar surface area (TPSA) is 67.8 Å². The number of aromatic nitrogens is 3. The third kappa shape index (κ3) is 1.97. The average molecular weight is 283 g/mol. The molecule has 0 bridgehead atoms. The Balaban J connectivity index is 2.14. The molecular weight excluding hydrogens is 270 g/mol. The van der Waals surface area contributed by atoms with Crippen LogP contribution in [0.2, 0.25) is 0 Å². The van der Waals surface area contributed by atoms with Crippen LogP contribution in [0.4, 0.5) is 0 Å². The molecule has 5 nitrogen and oxygen atoms in total. The van der Waals surface area contributed by atoms with E-state index in [0.29, 0.717) is 11.2 Å². The van der Waals surface area contributed by atoms with E-state index in [4.69, 9.17) is 12.2 Å². The summed E-state index contributed by atoms with van der Waals surface area (Å²) in [6, 6.07) is 3.63. The van der Waals surface area contributed by atoms with E-state index in [1.807, 2.05) is 16.7 Å². The summed E-state index contributed by atoms with van der Waals surface area (Å²) in [5.74, 6) is 0.442. The lowest BCUT2D eigenvalue weighted by molar-refractivity contribution is 0.473. The summed E-state index contributed by atoms with van der Waals surface area (Å²) >= 11 is 5.28. The number of hydrogen-bond acceptors (Lipinski definition) is 4. The summed E-state index contributed by atoms with van der Waals surface area (Å²) < 4.78 is 25.8. The molecule has 1 atom stereocenters. The van der Waals surface area contributed by atoms with Crippen LogP contribution in [-0.4, -0.2) is 34.5 Å². The Morgan fingerprint density at radius 1 is 1.50 bits per heavy atom. The lowest BCUT2D eigenvalue weighted by atomic mass is 10.2. The first-order valence-corrected chi connectivity index (χ1v) is 8.05. The number of pyridine rings is 1. The van der Waals surface area contributed by atoms with Gasteiger partial charge in [0.1, 0.15) is 0 Å². The van der Waals surface area contributed by atoms with E-state index in [2.05, 4.69) is 9.97 Å². The Morgan fingerprint density at radius 2 is 2.33 bits per heavy atom. The van der Waals surface area contributed by atoms with Gasteiger partial charge in [0.05, 0.1) is 23.1 Å². The molecular formula is C11H13N3O2S2. The van der Waals surface area contributed by atoms with Crippen LogP contribution in [0.3, 0.4) is 0 Å². The predicted molar refractivity (Wildman–Crippen MR) is 71.8 cm³/mol. The van der Waals surface area contributed by atoms with Gasteiger partial charge in [-0.05, 0) is 37.2 Å². The Morgan fingerprint density at radius 3 is 3.11 bits per heavy atom. The minimum absolute atomic E-state index is 0.0973. The van der Waals surface area contributed by atoms with E-state index in [1.54, 1.807) is 6.20 Å². The lowest BCUT2D eigenvalue weighted by Gasteiger charge is -2.23. The molecule has 0 aromatic carbocycles. The Kier molecular flexibility index (Phi) is 2.74. The molecule has 0 spiro atoms. The van der Waals surface area contributed by atoms with Crippen molar-refractivity contribution in [2.24, 2.45) is 0 Å². The summed E-state index contributed by atoms with van der Waals surface area (Å²) in [5, 5.41) is 0. The van der Waals surface area contributed by atoms with Gasteiger partial charge in [-0.2, -0.15) is 0 Å². The van der Waals surface area contributed by atoms with E-state index in [0.717, 1.165) is 17.6 Å². The summed E-state index contributed by atoms with van der Waals surface area (Å²) in [6.45, 7) is 0. The molecule has 1 saturated heterocycles. The quantitative estimate of drug-likeness (QED) is 0.811. The van der Waals surface area contributed by atoms with Crippen LogP contribution < -0.4 is 0 Å². The maximum atomic E-state index is 11.7. The first-order chi connectivity index (χ1) is 8.57. The number of aromatic amines is 1. The second-order valence-corrected chi connectivity index (χ2v) is 7.20. The number of imidazole rings is 1. The van der Waals surface area contributed by atoms with Crippen LogP contribution in [-0.2, 0) is 9.84 Å². The standard InChI is InChI=1S/C11H13N3O2S2/c15-18(16)6-2-3-8(7-18)14-10-9(13-11(14)17)4-1-5-12-10/h1,4-5,8H,2-3,6-7H2,(H,13,17). The third-order valence-corrected chi connectivity index (χ3v) is 5.38. The summed E-state index contributed by atoms with van der Waals surface area (Å²) in [6.07, 6.45) is 3.21. The van der Waals surface area contributed by atoms with Crippen molar-refractivity contribution >= 4 is 33.2 Å². The fourth-order valence-electron chi connectivity index (χ4n) is 2.50.